The normalized spacial score (nSPS) is 19.1. The minimum Gasteiger partial charge on any atom is -0.390 e. The highest BCUT2D eigenvalue weighted by Gasteiger charge is 2.68. The molecule has 1 spiro atoms. The zero-order chi connectivity index (χ0) is 46.3. The molecule has 6 aromatic carbocycles. The van der Waals surface area contributed by atoms with E-state index >= 15 is 0 Å². The second-order valence-electron chi connectivity index (χ2n) is 23.2. The molecule has 3 atom stereocenters. The first-order valence-corrected chi connectivity index (χ1v) is 25.9. The van der Waals surface area contributed by atoms with E-state index in [4.69, 9.17) is 25.8 Å². The van der Waals surface area contributed by atoms with Gasteiger partial charge in [0.1, 0.15) is 33.8 Å². The maximum Gasteiger partial charge on any atom is 0.453 e. The maximum atomic E-state index is 7.60. The van der Waals surface area contributed by atoms with Crippen molar-refractivity contribution in [1.82, 2.24) is 0 Å². The quantitative estimate of drug-likeness (QED) is 0.175. The minimum absolute atomic E-state index is 0.131. The standard InChI is InChI=1S/C58H62O6P2/c1-54(2,3)42-32-44(56(7,8)9)52(63-65-59-46-25-17-13-21-36(46)37-22-14-18-26-47(37)60-65)50-40(42)30-34-29-35-31-41-43(55(4,5)6)33-45(57(10,11)12)53(51(41)58(34,35)50)64-66-61-48-27-19-15-23-38(48)39-24-16-20-28-49(39)62-66/h13-28,32-35H,29-31H2,1-12H3/t34-,35+,58?. The van der Waals surface area contributed by atoms with Crippen LogP contribution in [0.4, 0.5) is 0 Å². The Balaban J connectivity index is 1.25. The molecule has 0 bridgehead atoms. The Hall–Kier alpha value is -5.28. The summed E-state index contributed by atoms with van der Waals surface area (Å²) in [5.41, 5.74) is 12.3. The van der Waals surface area contributed by atoms with Crippen LogP contribution in [0.2, 0.25) is 0 Å². The minimum atomic E-state index is -1.94. The third-order valence-electron chi connectivity index (χ3n) is 14.7. The van der Waals surface area contributed by atoms with E-state index in [2.05, 4.69) is 144 Å². The summed E-state index contributed by atoms with van der Waals surface area (Å²) in [6.45, 7) is 28.1. The van der Waals surface area contributed by atoms with Crippen LogP contribution in [0.3, 0.4) is 0 Å². The smallest absolute Gasteiger partial charge is 0.390 e. The Bertz CT molecular complexity index is 3020. The molecule has 0 aliphatic heterocycles. The third-order valence-corrected chi connectivity index (χ3v) is 16.8. The van der Waals surface area contributed by atoms with E-state index in [1.807, 2.05) is 48.5 Å². The van der Waals surface area contributed by atoms with Gasteiger partial charge in [-0.25, -0.2) is 0 Å². The molecule has 11 rings (SSSR count). The summed E-state index contributed by atoms with van der Waals surface area (Å²) in [6.07, 6.45) is 3.03. The number of fused-ring (bicyclic) bond motifs is 8. The van der Waals surface area contributed by atoms with Crippen molar-refractivity contribution in [2.75, 3.05) is 0 Å². The largest absolute Gasteiger partial charge is 0.453 e. The summed E-state index contributed by atoms with van der Waals surface area (Å²) in [5.74, 6) is 2.46. The van der Waals surface area contributed by atoms with Crippen molar-refractivity contribution in [1.29, 1.82) is 0 Å². The van der Waals surface area contributed by atoms with Gasteiger partial charge in [0.25, 0.3) is 0 Å². The van der Waals surface area contributed by atoms with Crippen LogP contribution in [0, 0.1) is 11.8 Å². The van der Waals surface area contributed by atoms with Crippen molar-refractivity contribution in [3.8, 4) is 11.5 Å². The van der Waals surface area contributed by atoms with Gasteiger partial charge in [0.05, 0.1) is 0 Å². The van der Waals surface area contributed by atoms with Gasteiger partial charge in [-0.2, -0.15) is 0 Å². The van der Waals surface area contributed by atoms with Crippen molar-refractivity contribution in [2.45, 2.75) is 129 Å². The fourth-order valence-electron chi connectivity index (χ4n) is 11.8. The van der Waals surface area contributed by atoms with Crippen molar-refractivity contribution < 1.29 is 25.8 Å². The molecule has 8 heteroatoms. The highest BCUT2D eigenvalue weighted by atomic mass is 31.1. The fraction of sp³-hybridized carbons (Fsp3) is 0.379. The average molecular weight is 917 g/mol. The molecule has 1 unspecified atom stereocenters. The molecule has 0 N–H and O–H groups in total. The lowest BCUT2D eigenvalue weighted by Gasteiger charge is -2.51. The third kappa shape index (κ3) is 6.71. The Labute approximate surface area is 391 Å². The predicted octanol–water partition coefficient (Wildman–Crippen LogP) is 17.8. The van der Waals surface area contributed by atoms with Gasteiger partial charge in [0.15, 0.2) is 0 Å². The van der Waals surface area contributed by atoms with E-state index < -0.39 is 21.9 Å². The summed E-state index contributed by atoms with van der Waals surface area (Å²) in [5, 5.41) is 3.98. The van der Waals surface area contributed by atoms with E-state index in [9.17, 15) is 0 Å². The van der Waals surface area contributed by atoms with Gasteiger partial charge in [-0.05, 0) is 99.3 Å². The lowest BCUT2D eigenvalue weighted by molar-refractivity contribution is 0.0950. The highest BCUT2D eigenvalue weighted by Crippen LogP contribution is 2.74. The van der Waals surface area contributed by atoms with Gasteiger partial charge in [0, 0.05) is 49.2 Å². The van der Waals surface area contributed by atoms with Gasteiger partial charge in [0.2, 0.25) is 0 Å². The lowest BCUT2D eigenvalue weighted by atomic mass is 9.52. The van der Waals surface area contributed by atoms with E-state index in [0.29, 0.717) is 11.8 Å². The van der Waals surface area contributed by atoms with Crippen molar-refractivity contribution in [3.63, 3.8) is 0 Å². The first-order valence-electron chi connectivity index (χ1n) is 23.7. The lowest BCUT2D eigenvalue weighted by Crippen LogP contribution is -2.49. The molecular formula is C58H62O6P2. The van der Waals surface area contributed by atoms with Gasteiger partial charge < -0.3 is 25.8 Å². The van der Waals surface area contributed by atoms with E-state index in [-0.39, 0.29) is 21.7 Å². The SMILES string of the molecule is CC(C)(C)c1cc(C(C)(C)C)c(Op2oc3ccccc3c3ccccc3o2)c2c1C[C@@H]1C[C@@H]3Cc4c(C(C)(C)C)cc(C(C)(C)C)c(Op5oc6ccccc6c6ccccc6o5)c4C213. The van der Waals surface area contributed by atoms with Crippen LogP contribution < -0.4 is 9.05 Å². The summed E-state index contributed by atoms with van der Waals surface area (Å²) in [4.78, 5) is 0. The molecule has 0 radical (unpaired) electrons. The molecule has 0 amide bonds. The average Bonchev–Trinajstić information content (AvgIpc) is 3.49. The molecule has 3 aliphatic rings. The van der Waals surface area contributed by atoms with Crippen LogP contribution in [0.5, 0.6) is 11.5 Å². The molecular weight excluding hydrogens is 855 g/mol. The number of hydrogen-bond acceptors (Lipinski definition) is 6. The first kappa shape index (κ1) is 43.3. The van der Waals surface area contributed by atoms with Crippen LogP contribution in [-0.2, 0) is 39.9 Å². The number of para-hydroxylation sites is 4. The van der Waals surface area contributed by atoms with Crippen LogP contribution in [-0.4, -0.2) is 0 Å². The van der Waals surface area contributed by atoms with Gasteiger partial charge in [-0.3, -0.25) is 0 Å². The van der Waals surface area contributed by atoms with Gasteiger partial charge in [-0.1, -0.05) is 168 Å². The van der Waals surface area contributed by atoms with E-state index in [0.717, 1.165) is 74.6 Å². The van der Waals surface area contributed by atoms with E-state index in [1.165, 1.54) is 44.5 Å². The molecule has 2 aromatic heterocycles. The molecule has 340 valence electrons. The summed E-state index contributed by atoms with van der Waals surface area (Å²) in [7, 11) is -3.89. The summed E-state index contributed by atoms with van der Waals surface area (Å²) >= 11 is 0. The molecule has 2 heterocycles. The van der Waals surface area contributed by atoms with Crippen LogP contribution >= 0.6 is 16.5 Å². The molecule has 1 fully saturated rings. The molecule has 1 saturated carbocycles. The first-order chi connectivity index (χ1) is 31.2. The van der Waals surface area contributed by atoms with Crippen molar-refractivity contribution in [2.24, 2.45) is 11.8 Å². The predicted molar refractivity (Wildman–Crippen MR) is 272 cm³/mol. The monoisotopic (exact) mass is 916 g/mol. The van der Waals surface area contributed by atoms with Crippen molar-refractivity contribution >= 4 is 60.4 Å². The number of rotatable bonds is 4. The Kier molecular flexibility index (Phi) is 9.75. The second-order valence-corrected chi connectivity index (χ2v) is 25.2. The molecule has 0 saturated heterocycles. The Morgan fingerprint density at radius 3 is 1.00 bits per heavy atom. The number of hydrogen-bond donors (Lipinski definition) is 0. The van der Waals surface area contributed by atoms with Crippen LogP contribution in [0.1, 0.15) is 134 Å². The Morgan fingerprint density at radius 2 is 0.712 bits per heavy atom. The number of benzene rings is 6. The second kappa shape index (κ2) is 14.9. The van der Waals surface area contributed by atoms with Gasteiger partial charge in [-0.15, -0.1) is 0 Å². The molecule has 8 aromatic rings. The van der Waals surface area contributed by atoms with Crippen molar-refractivity contribution in [3.05, 3.63) is 154 Å². The fourth-order valence-corrected chi connectivity index (χ4v) is 14.0. The van der Waals surface area contributed by atoms with Crippen LogP contribution in [0.15, 0.2) is 126 Å². The molecule has 3 aliphatic carbocycles. The van der Waals surface area contributed by atoms with Gasteiger partial charge >= 0.3 is 16.5 Å². The molecule has 6 nitrogen and oxygen atoms in total. The highest BCUT2D eigenvalue weighted by molar-refractivity contribution is 7.32. The summed E-state index contributed by atoms with van der Waals surface area (Å²) < 4.78 is 42.9. The Morgan fingerprint density at radius 1 is 0.424 bits per heavy atom. The molecule has 66 heavy (non-hydrogen) atoms. The topological polar surface area (TPSA) is 71.0 Å². The maximum absolute atomic E-state index is 7.60. The van der Waals surface area contributed by atoms with E-state index in [1.54, 1.807) is 0 Å². The zero-order valence-corrected chi connectivity index (χ0v) is 42.3. The summed E-state index contributed by atoms with van der Waals surface area (Å²) in [6, 6.07) is 37.8. The zero-order valence-electron chi connectivity index (χ0n) is 40.5. The van der Waals surface area contributed by atoms with Crippen LogP contribution in [0.25, 0.3) is 43.9 Å².